The van der Waals surface area contributed by atoms with Crippen LogP contribution in [0.2, 0.25) is 0 Å². The smallest absolute Gasteiger partial charge is 0.262 e. The van der Waals surface area contributed by atoms with Crippen LogP contribution >= 0.6 is 11.3 Å². The Morgan fingerprint density at radius 3 is 2.71 bits per heavy atom. The Hall–Kier alpha value is -4.04. The van der Waals surface area contributed by atoms with Crippen molar-refractivity contribution in [2.45, 2.75) is 13.5 Å². The highest BCUT2D eigenvalue weighted by Crippen LogP contribution is 2.33. The van der Waals surface area contributed by atoms with Crippen LogP contribution in [-0.4, -0.2) is 22.9 Å². The van der Waals surface area contributed by atoms with Gasteiger partial charge >= 0.3 is 0 Å². The molecule has 1 aliphatic rings. The van der Waals surface area contributed by atoms with Crippen molar-refractivity contribution in [1.82, 2.24) is 4.68 Å². The third-order valence-electron chi connectivity index (χ3n) is 5.35. The SMILES string of the molecule is CC(=Nn1c(-c2ccc3c(c2)NC(=O)CO3)csc1=NCc1ccccc1)c1ccc(F)cc1. The van der Waals surface area contributed by atoms with Gasteiger partial charge in [-0.25, -0.2) is 9.07 Å². The third kappa shape index (κ3) is 4.67. The number of benzene rings is 3. The number of amides is 1. The number of hydrogen-bond donors (Lipinski definition) is 1. The van der Waals surface area contributed by atoms with Crippen LogP contribution in [-0.2, 0) is 11.3 Å². The van der Waals surface area contributed by atoms with E-state index in [2.05, 4.69) is 5.32 Å². The summed E-state index contributed by atoms with van der Waals surface area (Å²) in [5, 5.41) is 9.68. The molecule has 5 rings (SSSR count). The first-order valence-electron chi connectivity index (χ1n) is 10.7. The molecule has 6 nitrogen and oxygen atoms in total. The van der Waals surface area contributed by atoms with E-state index in [1.54, 1.807) is 16.8 Å². The molecule has 2 heterocycles. The number of ether oxygens (including phenoxy) is 1. The van der Waals surface area contributed by atoms with Crippen LogP contribution in [0.4, 0.5) is 10.1 Å². The van der Waals surface area contributed by atoms with Crippen LogP contribution in [0, 0.1) is 5.82 Å². The topological polar surface area (TPSA) is 68.0 Å². The molecular weight excluding hydrogens is 451 g/mol. The van der Waals surface area contributed by atoms with Crippen molar-refractivity contribution in [2.75, 3.05) is 11.9 Å². The maximum Gasteiger partial charge on any atom is 0.262 e. The molecule has 0 unspecified atom stereocenters. The number of rotatable bonds is 5. The number of carbonyl (C=O) groups is 1. The molecule has 0 spiro atoms. The lowest BCUT2D eigenvalue weighted by Crippen LogP contribution is -2.25. The summed E-state index contributed by atoms with van der Waals surface area (Å²) < 4.78 is 20.7. The van der Waals surface area contributed by atoms with Gasteiger partial charge in [-0.15, -0.1) is 11.3 Å². The predicted octanol–water partition coefficient (Wildman–Crippen LogP) is 5.06. The molecule has 1 aliphatic heterocycles. The lowest BCUT2D eigenvalue weighted by atomic mass is 10.1. The summed E-state index contributed by atoms with van der Waals surface area (Å²) in [6.07, 6.45) is 0. The molecule has 1 amide bonds. The molecule has 1 aromatic heterocycles. The summed E-state index contributed by atoms with van der Waals surface area (Å²) in [6, 6.07) is 21.9. The number of nitrogens with zero attached hydrogens (tertiary/aromatic N) is 3. The normalized spacial score (nSPS) is 13.9. The van der Waals surface area contributed by atoms with E-state index in [-0.39, 0.29) is 18.3 Å². The highest BCUT2D eigenvalue weighted by molar-refractivity contribution is 7.07. The maximum absolute atomic E-state index is 13.4. The molecule has 0 fully saturated rings. The zero-order valence-corrected chi connectivity index (χ0v) is 19.2. The van der Waals surface area contributed by atoms with Gasteiger partial charge in [0, 0.05) is 10.9 Å². The van der Waals surface area contributed by atoms with Crippen molar-refractivity contribution in [3.63, 3.8) is 0 Å². The molecule has 34 heavy (non-hydrogen) atoms. The summed E-state index contributed by atoms with van der Waals surface area (Å²) in [5.74, 6) is 0.147. The fourth-order valence-electron chi connectivity index (χ4n) is 3.59. The van der Waals surface area contributed by atoms with Gasteiger partial charge in [0.2, 0.25) is 4.80 Å². The highest BCUT2D eigenvalue weighted by Gasteiger charge is 2.18. The van der Waals surface area contributed by atoms with E-state index < -0.39 is 0 Å². The molecule has 0 saturated carbocycles. The minimum Gasteiger partial charge on any atom is -0.482 e. The van der Waals surface area contributed by atoms with Crippen molar-refractivity contribution >= 4 is 28.6 Å². The van der Waals surface area contributed by atoms with Gasteiger partial charge in [-0.3, -0.25) is 9.79 Å². The second-order valence-electron chi connectivity index (χ2n) is 7.76. The maximum atomic E-state index is 13.4. The third-order valence-corrected chi connectivity index (χ3v) is 6.20. The minimum absolute atomic E-state index is 0.00840. The second kappa shape index (κ2) is 9.44. The standard InChI is InChI=1S/C26H21FN4O2S/c1-17(19-7-10-21(27)11-8-19)30-31-23(16-34-26(31)28-14-18-5-3-2-4-6-18)20-9-12-24-22(13-20)29-25(32)15-33-24/h2-13,16H,14-15H2,1H3,(H,29,32). The van der Waals surface area contributed by atoms with E-state index in [4.69, 9.17) is 14.8 Å². The van der Waals surface area contributed by atoms with Crippen LogP contribution in [0.5, 0.6) is 5.75 Å². The molecule has 170 valence electrons. The number of carbonyl (C=O) groups excluding carboxylic acids is 1. The number of nitrogens with one attached hydrogen (secondary N) is 1. The average Bonchev–Trinajstić information content (AvgIpc) is 3.25. The highest BCUT2D eigenvalue weighted by atomic mass is 32.1. The number of hydrogen-bond acceptors (Lipinski definition) is 5. The van der Waals surface area contributed by atoms with E-state index in [9.17, 15) is 9.18 Å². The van der Waals surface area contributed by atoms with Gasteiger partial charge in [0.05, 0.1) is 23.6 Å². The van der Waals surface area contributed by atoms with Gasteiger partial charge < -0.3 is 10.1 Å². The van der Waals surface area contributed by atoms with Crippen LogP contribution in [0.1, 0.15) is 18.1 Å². The van der Waals surface area contributed by atoms with Crippen LogP contribution < -0.4 is 14.9 Å². The predicted molar refractivity (Wildman–Crippen MR) is 132 cm³/mol. The van der Waals surface area contributed by atoms with E-state index in [1.807, 2.05) is 60.8 Å². The number of aromatic nitrogens is 1. The lowest BCUT2D eigenvalue weighted by molar-refractivity contribution is -0.118. The summed E-state index contributed by atoms with van der Waals surface area (Å²) in [7, 11) is 0. The second-order valence-corrected chi connectivity index (χ2v) is 8.59. The Morgan fingerprint density at radius 1 is 1.12 bits per heavy atom. The van der Waals surface area contributed by atoms with Crippen LogP contribution in [0.15, 0.2) is 88.3 Å². The molecule has 0 radical (unpaired) electrons. The molecule has 8 heteroatoms. The largest absolute Gasteiger partial charge is 0.482 e. The van der Waals surface area contributed by atoms with Gasteiger partial charge in [0.25, 0.3) is 5.91 Å². The summed E-state index contributed by atoms with van der Waals surface area (Å²) >= 11 is 1.48. The van der Waals surface area contributed by atoms with E-state index in [0.29, 0.717) is 18.0 Å². The number of thiazole rings is 1. The first-order valence-corrected chi connectivity index (χ1v) is 11.6. The summed E-state index contributed by atoms with van der Waals surface area (Å²) in [5.41, 5.74) is 4.92. The van der Waals surface area contributed by atoms with E-state index >= 15 is 0 Å². The lowest BCUT2D eigenvalue weighted by Gasteiger charge is -2.18. The van der Waals surface area contributed by atoms with Crippen LogP contribution in [0.3, 0.4) is 0 Å². The van der Waals surface area contributed by atoms with Gasteiger partial charge in [-0.1, -0.05) is 42.5 Å². The number of anilines is 1. The molecule has 0 atom stereocenters. The van der Waals surface area contributed by atoms with E-state index in [0.717, 1.165) is 32.9 Å². The fraction of sp³-hybridized carbons (Fsp3) is 0.115. The fourth-order valence-corrected chi connectivity index (χ4v) is 4.42. The van der Waals surface area contributed by atoms with Crippen molar-refractivity contribution in [2.24, 2.45) is 10.1 Å². The molecular formula is C26H21FN4O2S. The van der Waals surface area contributed by atoms with Gasteiger partial charge in [-0.05, 0) is 48.4 Å². The molecule has 3 aromatic carbocycles. The Bertz CT molecular complexity index is 1440. The molecule has 0 aliphatic carbocycles. The Kier molecular flexibility index (Phi) is 6.05. The van der Waals surface area contributed by atoms with Gasteiger partial charge in [0.1, 0.15) is 11.6 Å². The minimum atomic E-state index is -0.294. The molecule has 4 aromatic rings. The molecule has 0 saturated heterocycles. The number of fused-ring (bicyclic) bond motifs is 1. The summed E-state index contributed by atoms with van der Waals surface area (Å²) in [6.45, 7) is 2.40. The van der Waals surface area contributed by atoms with Crippen molar-refractivity contribution in [3.05, 3.63) is 99.9 Å². The first-order chi connectivity index (χ1) is 16.6. The first kappa shape index (κ1) is 21.8. The van der Waals surface area contributed by atoms with Crippen molar-refractivity contribution in [1.29, 1.82) is 0 Å². The molecule has 1 N–H and O–H groups in total. The zero-order valence-electron chi connectivity index (χ0n) is 18.4. The van der Waals surface area contributed by atoms with Gasteiger partial charge in [-0.2, -0.15) is 5.10 Å². The van der Waals surface area contributed by atoms with Crippen molar-refractivity contribution < 1.29 is 13.9 Å². The molecule has 0 bridgehead atoms. The average molecular weight is 473 g/mol. The van der Waals surface area contributed by atoms with Gasteiger partial charge in [0.15, 0.2) is 6.61 Å². The van der Waals surface area contributed by atoms with Crippen LogP contribution in [0.25, 0.3) is 11.3 Å². The zero-order chi connectivity index (χ0) is 23.5. The quantitative estimate of drug-likeness (QED) is 0.413. The number of halogens is 1. The summed E-state index contributed by atoms with van der Waals surface area (Å²) in [4.78, 5) is 17.3. The Labute approximate surface area is 199 Å². The van der Waals surface area contributed by atoms with Crippen molar-refractivity contribution in [3.8, 4) is 17.0 Å². The Balaban J connectivity index is 1.60. The Morgan fingerprint density at radius 2 is 1.91 bits per heavy atom. The van der Waals surface area contributed by atoms with E-state index in [1.165, 1.54) is 23.5 Å². The monoisotopic (exact) mass is 472 g/mol.